The molecular weight excluding hydrogens is 264 g/mol. The Hall–Kier alpha value is -0.540. The summed E-state index contributed by atoms with van der Waals surface area (Å²) < 4.78 is 2.11. The number of imidazole rings is 1. The van der Waals surface area contributed by atoms with Crippen molar-refractivity contribution in [1.29, 1.82) is 0 Å². The molecule has 1 aliphatic carbocycles. The number of halogens is 1. The summed E-state index contributed by atoms with van der Waals surface area (Å²) in [4.78, 5) is 5.77. The largest absolute Gasteiger partial charge is 0.297 e. The van der Waals surface area contributed by atoms with E-state index in [2.05, 4.69) is 34.1 Å². The Labute approximate surface area is 117 Å². The van der Waals surface area contributed by atoms with Crippen LogP contribution in [-0.4, -0.2) is 14.8 Å². The number of hydrogen-bond donors (Lipinski definition) is 0. The first kappa shape index (κ1) is 12.5. The summed E-state index contributed by atoms with van der Waals surface area (Å²) in [5.74, 6) is 1.48. The summed E-state index contributed by atoms with van der Waals surface area (Å²) in [6.07, 6.45) is 10.3. The van der Waals surface area contributed by atoms with Crippen molar-refractivity contribution < 1.29 is 0 Å². The van der Waals surface area contributed by atoms with Crippen molar-refractivity contribution in [3.8, 4) is 0 Å². The molecule has 1 aliphatic rings. The highest BCUT2D eigenvalue weighted by Crippen LogP contribution is 2.36. The van der Waals surface area contributed by atoms with Gasteiger partial charge in [0.1, 0.15) is 0 Å². The monoisotopic (exact) mass is 282 g/mol. The van der Waals surface area contributed by atoms with E-state index in [1.54, 1.807) is 11.3 Å². The summed E-state index contributed by atoms with van der Waals surface area (Å²) in [5.41, 5.74) is 1.20. The molecule has 2 aromatic heterocycles. The van der Waals surface area contributed by atoms with Gasteiger partial charge in [0.05, 0.1) is 5.69 Å². The first-order valence-electron chi connectivity index (χ1n) is 6.81. The van der Waals surface area contributed by atoms with Gasteiger partial charge < -0.3 is 0 Å². The molecule has 0 spiro atoms. The van der Waals surface area contributed by atoms with E-state index in [4.69, 9.17) is 11.6 Å². The Balaban J connectivity index is 1.72. The van der Waals surface area contributed by atoms with Gasteiger partial charge in [-0.05, 0) is 37.5 Å². The van der Waals surface area contributed by atoms with Gasteiger partial charge in [-0.2, -0.15) is 0 Å². The fraction of sp³-hybridized carbons (Fsp3) is 0.643. The Kier molecular flexibility index (Phi) is 3.62. The minimum absolute atomic E-state index is 0.340. The SMILES string of the molecule is CCC1CCC(Cl)C(Cc2cn3ccsc3n2)C1. The number of hydrogen-bond acceptors (Lipinski definition) is 2. The van der Waals surface area contributed by atoms with Crippen LogP contribution in [0.5, 0.6) is 0 Å². The topological polar surface area (TPSA) is 17.3 Å². The second kappa shape index (κ2) is 5.22. The predicted molar refractivity (Wildman–Crippen MR) is 77.5 cm³/mol. The van der Waals surface area contributed by atoms with Crippen molar-refractivity contribution in [2.45, 2.75) is 44.4 Å². The molecule has 0 aliphatic heterocycles. The maximum atomic E-state index is 6.50. The molecule has 3 atom stereocenters. The van der Waals surface area contributed by atoms with Gasteiger partial charge in [-0.1, -0.05) is 13.3 Å². The fourth-order valence-electron chi connectivity index (χ4n) is 3.05. The van der Waals surface area contributed by atoms with E-state index in [1.807, 2.05) is 0 Å². The molecule has 2 aromatic rings. The molecule has 1 fully saturated rings. The lowest BCUT2D eigenvalue weighted by molar-refractivity contribution is 0.264. The van der Waals surface area contributed by atoms with Crippen LogP contribution in [0.4, 0.5) is 0 Å². The van der Waals surface area contributed by atoms with Crippen molar-refractivity contribution in [2.24, 2.45) is 11.8 Å². The lowest BCUT2D eigenvalue weighted by atomic mass is 9.78. The number of aromatic nitrogens is 2. The number of rotatable bonds is 3. The van der Waals surface area contributed by atoms with Gasteiger partial charge >= 0.3 is 0 Å². The summed E-state index contributed by atoms with van der Waals surface area (Å²) in [7, 11) is 0. The van der Waals surface area contributed by atoms with Crippen molar-refractivity contribution in [3.05, 3.63) is 23.5 Å². The Morgan fingerprint density at radius 2 is 2.39 bits per heavy atom. The van der Waals surface area contributed by atoms with Gasteiger partial charge in [0.2, 0.25) is 0 Å². The van der Waals surface area contributed by atoms with Gasteiger partial charge in [-0.3, -0.25) is 4.40 Å². The predicted octanol–water partition coefficient (Wildman–Crippen LogP) is 4.37. The summed E-state index contributed by atoms with van der Waals surface area (Å²) in [6, 6.07) is 0. The average molecular weight is 283 g/mol. The molecule has 0 bridgehead atoms. The van der Waals surface area contributed by atoms with Crippen molar-refractivity contribution in [3.63, 3.8) is 0 Å². The van der Waals surface area contributed by atoms with Gasteiger partial charge in [-0.25, -0.2) is 4.98 Å². The number of fused-ring (bicyclic) bond motifs is 1. The van der Waals surface area contributed by atoms with Crippen molar-refractivity contribution in [2.75, 3.05) is 0 Å². The Bertz CT molecular complexity index is 490. The molecule has 0 amide bonds. The number of thiazole rings is 1. The third kappa shape index (κ3) is 2.43. The number of nitrogens with zero attached hydrogens (tertiary/aromatic N) is 2. The van der Waals surface area contributed by atoms with Crippen LogP contribution in [-0.2, 0) is 6.42 Å². The van der Waals surface area contributed by atoms with E-state index < -0.39 is 0 Å². The quantitative estimate of drug-likeness (QED) is 0.764. The second-order valence-electron chi connectivity index (χ2n) is 5.39. The average Bonchev–Trinajstić information content (AvgIpc) is 2.92. The van der Waals surface area contributed by atoms with Crippen LogP contribution >= 0.6 is 22.9 Å². The molecule has 0 aromatic carbocycles. The Morgan fingerprint density at radius 3 is 3.17 bits per heavy atom. The van der Waals surface area contributed by atoms with Crippen LogP contribution in [0, 0.1) is 11.8 Å². The van der Waals surface area contributed by atoms with Crippen LogP contribution < -0.4 is 0 Å². The smallest absolute Gasteiger partial charge is 0.193 e. The van der Waals surface area contributed by atoms with E-state index in [-0.39, 0.29) is 0 Å². The molecule has 18 heavy (non-hydrogen) atoms. The summed E-state index contributed by atoms with van der Waals surface area (Å²) in [6.45, 7) is 2.29. The molecule has 4 heteroatoms. The minimum Gasteiger partial charge on any atom is -0.297 e. The van der Waals surface area contributed by atoms with E-state index in [1.165, 1.54) is 31.4 Å². The first-order chi connectivity index (χ1) is 8.76. The first-order valence-corrected chi connectivity index (χ1v) is 8.13. The number of alkyl halides is 1. The third-order valence-electron chi connectivity index (χ3n) is 4.19. The zero-order valence-corrected chi connectivity index (χ0v) is 12.3. The molecule has 3 rings (SSSR count). The van der Waals surface area contributed by atoms with Crippen LogP contribution in [0.1, 0.15) is 38.3 Å². The van der Waals surface area contributed by atoms with E-state index >= 15 is 0 Å². The molecule has 2 nitrogen and oxygen atoms in total. The molecule has 0 radical (unpaired) electrons. The Morgan fingerprint density at radius 1 is 1.50 bits per heavy atom. The van der Waals surface area contributed by atoms with Gasteiger partial charge in [0.15, 0.2) is 4.96 Å². The van der Waals surface area contributed by atoms with Crippen LogP contribution in [0.15, 0.2) is 17.8 Å². The highest BCUT2D eigenvalue weighted by atomic mass is 35.5. The lowest BCUT2D eigenvalue weighted by Crippen LogP contribution is -2.27. The van der Waals surface area contributed by atoms with Crippen molar-refractivity contribution >= 4 is 27.9 Å². The van der Waals surface area contributed by atoms with E-state index in [0.29, 0.717) is 11.3 Å². The molecular formula is C14H19ClN2S. The normalized spacial score (nSPS) is 28.9. The van der Waals surface area contributed by atoms with Gasteiger partial charge in [0.25, 0.3) is 0 Å². The molecule has 2 heterocycles. The highest BCUT2D eigenvalue weighted by Gasteiger charge is 2.29. The zero-order valence-electron chi connectivity index (χ0n) is 10.7. The summed E-state index contributed by atoms with van der Waals surface area (Å²) >= 11 is 8.19. The van der Waals surface area contributed by atoms with E-state index in [9.17, 15) is 0 Å². The molecule has 3 unspecified atom stereocenters. The second-order valence-corrected chi connectivity index (χ2v) is 6.83. The lowest BCUT2D eigenvalue weighted by Gasteiger charge is -2.32. The van der Waals surface area contributed by atoms with Gasteiger partial charge in [-0.15, -0.1) is 22.9 Å². The van der Waals surface area contributed by atoms with Crippen LogP contribution in [0.2, 0.25) is 0 Å². The third-order valence-corrected chi connectivity index (χ3v) is 5.54. The molecule has 0 saturated heterocycles. The molecule has 0 N–H and O–H groups in total. The van der Waals surface area contributed by atoms with Gasteiger partial charge in [0, 0.05) is 23.2 Å². The van der Waals surface area contributed by atoms with Crippen molar-refractivity contribution in [1.82, 2.24) is 9.38 Å². The van der Waals surface area contributed by atoms with Crippen LogP contribution in [0.25, 0.3) is 4.96 Å². The minimum atomic E-state index is 0.340. The maximum absolute atomic E-state index is 6.50. The highest BCUT2D eigenvalue weighted by molar-refractivity contribution is 7.15. The fourth-order valence-corrected chi connectivity index (χ4v) is 4.09. The molecule has 98 valence electrons. The van der Waals surface area contributed by atoms with Crippen LogP contribution in [0.3, 0.4) is 0 Å². The summed E-state index contributed by atoms with van der Waals surface area (Å²) in [5, 5.41) is 2.41. The maximum Gasteiger partial charge on any atom is 0.193 e. The van der Waals surface area contributed by atoms with E-state index in [0.717, 1.165) is 17.3 Å². The molecule has 1 saturated carbocycles. The zero-order chi connectivity index (χ0) is 12.5. The standard InChI is InChI=1S/C14H19ClN2S/c1-2-10-3-4-13(15)11(7-10)8-12-9-17-5-6-18-14(17)16-12/h5-6,9-11,13H,2-4,7-8H2,1H3.